The summed E-state index contributed by atoms with van der Waals surface area (Å²) >= 11 is 0. The van der Waals surface area contributed by atoms with Crippen molar-refractivity contribution in [1.29, 1.82) is 0 Å². The van der Waals surface area contributed by atoms with Crippen LogP contribution >= 0.6 is 7.28 Å². The van der Waals surface area contributed by atoms with Gasteiger partial charge in [-0.05, 0) is 0 Å². The van der Waals surface area contributed by atoms with Crippen molar-refractivity contribution in [3.05, 3.63) is 54.6 Å². The maximum absolute atomic E-state index is 10.2. The second kappa shape index (κ2) is 3.75. The van der Waals surface area contributed by atoms with Crippen molar-refractivity contribution >= 4 is 34.1 Å². The third-order valence-electron chi connectivity index (χ3n) is 3.27. The monoisotopic (exact) mass is 274 g/mol. The van der Waals surface area contributed by atoms with Crippen LogP contribution in [0.1, 0.15) is 0 Å². The molecule has 0 bridgehead atoms. The van der Waals surface area contributed by atoms with Crippen LogP contribution in [-0.2, 0) is 0 Å². The summed E-state index contributed by atoms with van der Waals surface area (Å²) in [6.07, 6.45) is 0. The summed E-state index contributed by atoms with van der Waals surface area (Å²) in [6.45, 7) is 1.11. The third-order valence-corrected chi connectivity index (χ3v) is 4.80. The third kappa shape index (κ3) is 2.11. The minimum atomic E-state index is -4.84. The molecule has 0 unspecified atom stereocenters. The first-order valence-electron chi connectivity index (χ1n) is 6.00. The summed E-state index contributed by atoms with van der Waals surface area (Å²) in [5.74, 6) is 0. The zero-order valence-electron chi connectivity index (χ0n) is 10.5. The molecule has 0 amide bonds. The van der Waals surface area contributed by atoms with Gasteiger partial charge in [-0.1, -0.05) is 0 Å². The summed E-state index contributed by atoms with van der Waals surface area (Å²) in [5.41, 5.74) is 0. The molecule has 3 N–H and O–H groups in total. The van der Waals surface area contributed by atoms with Gasteiger partial charge in [-0.2, -0.15) is 0 Å². The number of rotatable bonds is 1. The van der Waals surface area contributed by atoms with E-state index in [1.807, 2.05) is 42.5 Å². The molecule has 0 spiro atoms. The minimum absolute atomic E-state index is 0.236. The van der Waals surface area contributed by atoms with Crippen molar-refractivity contribution in [3.63, 3.8) is 0 Å². The van der Waals surface area contributed by atoms with E-state index in [2.05, 4.69) is 0 Å². The molecular formula is C15H15O3P. The van der Waals surface area contributed by atoms with Gasteiger partial charge < -0.3 is 0 Å². The summed E-state index contributed by atoms with van der Waals surface area (Å²) in [5, 5.41) is 3.34. The van der Waals surface area contributed by atoms with E-state index in [1.165, 1.54) is 0 Å². The first kappa shape index (κ1) is 12.5. The first-order valence-corrected chi connectivity index (χ1v) is 8.54. The molecule has 0 aliphatic carbocycles. The molecule has 0 saturated carbocycles. The Kier molecular flexibility index (Phi) is 2.47. The van der Waals surface area contributed by atoms with Crippen molar-refractivity contribution in [2.45, 2.75) is 0 Å². The molecule has 0 saturated heterocycles. The Labute approximate surface area is 110 Å². The van der Waals surface area contributed by atoms with Crippen LogP contribution in [-0.4, -0.2) is 21.3 Å². The van der Waals surface area contributed by atoms with Gasteiger partial charge in [0.15, 0.2) is 0 Å². The second-order valence-electron chi connectivity index (χ2n) is 5.06. The van der Waals surface area contributed by atoms with Gasteiger partial charge in [0.2, 0.25) is 0 Å². The van der Waals surface area contributed by atoms with E-state index in [9.17, 15) is 14.7 Å². The number of benzene rings is 3. The molecule has 0 radical (unpaired) electrons. The molecule has 19 heavy (non-hydrogen) atoms. The summed E-state index contributed by atoms with van der Waals surface area (Å²) in [6, 6.07) is 16.8. The van der Waals surface area contributed by atoms with Crippen LogP contribution in [0.5, 0.6) is 0 Å². The maximum atomic E-state index is 10.2. The van der Waals surface area contributed by atoms with Crippen LogP contribution in [0.15, 0.2) is 54.6 Å². The van der Waals surface area contributed by atoms with Gasteiger partial charge in [-0.15, -0.1) is 0 Å². The standard InChI is InChI=1S/C15H15O3P/c1-19(16,17,18)15-13-8-4-2-6-11(13)10-12-7-3-5-9-14(12)15/h2-10,16-18H,1H3. The Bertz CT molecular complexity index is 724. The zero-order valence-corrected chi connectivity index (χ0v) is 11.4. The van der Waals surface area contributed by atoms with Crippen LogP contribution in [0.3, 0.4) is 0 Å². The summed E-state index contributed by atoms with van der Waals surface area (Å²) in [4.78, 5) is 30.6. The molecule has 3 nitrogen and oxygen atoms in total. The molecule has 0 heterocycles. The fourth-order valence-corrected chi connectivity index (χ4v) is 4.09. The van der Waals surface area contributed by atoms with Crippen molar-refractivity contribution in [2.24, 2.45) is 0 Å². The molecular weight excluding hydrogens is 259 g/mol. The first-order chi connectivity index (χ1) is 8.83. The van der Waals surface area contributed by atoms with Crippen LogP contribution in [0.2, 0.25) is 0 Å². The van der Waals surface area contributed by atoms with E-state index >= 15 is 0 Å². The number of hydrogen-bond acceptors (Lipinski definition) is 3. The van der Waals surface area contributed by atoms with Gasteiger partial charge in [0.05, 0.1) is 0 Å². The molecule has 3 rings (SSSR count). The van der Waals surface area contributed by atoms with Gasteiger partial charge >= 0.3 is 110 Å². The molecule has 0 aliphatic rings. The fraction of sp³-hybridized carbons (Fsp3) is 0.0667. The van der Waals surface area contributed by atoms with Gasteiger partial charge in [0.1, 0.15) is 0 Å². The molecule has 3 aromatic rings. The van der Waals surface area contributed by atoms with Crippen molar-refractivity contribution in [3.8, 4) is 0 Å². The molecule has 98 valence electrons. The second-order valence-corrected chi connectivity index (χ2v) is 8.29. The van der Waals surface area contributed by atoms with Crippen LogP contribution in [0, 0.1) is 0 Å². The molecule has 0 atom stereocenters. The molecule has 0 aliphatic heterocycles. The average Bonchev–Trinajstić information content (AvgIpc) is 2.33. The van der Waals surface area contributed by atoms with E-state index < -0.39 is 7.28 Å². The Balaban J connectivity index is 2.62. The Morgan fingerprint density at radius 3 is 1.58 bits per heavy atom. The van der Waals surface area contributed by atoms with E-state index in [-0.39, 0.29) is 5.30 Å². The van der Waals surface area contributed by atoms with Crippen molar-refractivity contribution in [1.82, 2.24) is 0 Å². The van der Waals surface area contributed by atoms with Gasteiger partial charge in [-0.3, -0.25) is 0 Å². The van der Waals surface area contributed by atoms with E-state index in [4.69, 9.17) is 0 Å². The van der Waals surface area contributed by atoms with Crippen molar-refractivity contribution in [2.75, 3.05) is 6.66 Å². The molecule has 3 aromatic carbocycles. The fourth-order valence-electron chi connectivity index (χ4n) is 2.55. The average molecular weight is 274 g/mol. The summed E-state index contributed by atoms with van der Waals surface area (Å²) in [7, 11) is -4.84. The van der Waals surface area contributed by atoms with Crippen LogP contribution in [0.25, 0.3) is 21.5 Å². The van der Waals surface area contributed by atoms with E-state index in [1.54, 1.807) is 12.1 Å². The van der Waals surface area contributed by atoms with Crippen molar-refractivity contribution < 1.29 is 14.7 Å². The molecule has 4 heteroatoms. The molecule has 0 aromatic heterocycles. The topological polar surface area (TPSA) is 60.7 Å². The van der Waals surface area contributed by atoms with Gasteiger partial charge in [0.25, 0.3) is 0 Å². The zero-order chi connectivity index (χ0) is 13.7. The normalized spacial score (nSPS) is 14.4. The number of fused-ring (bicyclic) bond motifs is 2. The SMILES string of the molecule is CP(O)(O)(O)c1c2ccccc2cc2ccccc12. The predicted octanol–water partition coefficient (Wildman–Crippen LogP) is 2.52. The Morgan fingerprint density at radius 1 is 0.737 bits per heavy atom. The molecule has 0 fully saturated rings. The van der Waals surface area contributed by atoms with Gasteiger partial charge in [-0.25, -0.2) is 0 Å². The van der Waals surface area contributed by atoms with Crippen LogP contribution in [0.4, 0.5) is 0 Å². The quantitative estimate of drug-likeness (QED) is 0.472. The Morgan fingerprint density at radius 2 is 1.16 bits per heavy atom. The van der Waals surface area contributed by atoms with E-state index in [0.717, 1.165) is 17.4 Å². The summed E-state index contributed by atoms with van der Waals surface area (Å²) < 4.78 is 0. The Hall–Kier alpha value is -1.51. The predicted molar refractivity (Wildman–Crippen MR) is 80.6 cm³/mol. The van der Waals surface area contributed by atoms with E-state index in [0.29, 0.717) is 10.8 Å². The number of hydrogen-bond donors (Lipinski definition) is 3. The van der Waals surface area contributed by atoms with Gasteiger partial charge in [0, 0.05) is 0 Å². The van der Waals surface area contributed by atoms with Crippen LogP contribution < -0.4 is 5.30 Å².